The largest absolute Gasteiger partial charge is 0.513 e. The summed E-state index contributed by atoms with van der Waals surface area (Å²) in [4.78, 5) is 58.9. The number of benzene rings is 3. The lowest BCUT2D eigenvalue weighted by molar-refractivity contribution is -0.143. The van der Waals surface area contributed by atoms with Gasteiger partial charge in [-0.15, -0.1) is 0 Å². The van der Waals surface area contributed by atoms with Crippen molar-refractivity contribution in [2.24, 2.45) is 0 Å². The predicted octanol–water partition coefficient (Wildman–Crippen LogP) is 6.08. The number of rotatable bonds is 14. The number of ether oxygens (including phenoxy) is 6. The normalized spacial score (nSPS) is 10.3. The van der Waals surface area contributed by atoms with Crippen LogP contribution in [0.3, 0.4) is 0 Å². The zero-order chi connectivity index (χ0) is 31.0. The Bertz CT molecular complexity index is 1380. The van der Waals surface area contributed by atoms with Gasteiger partial charge in [0.25, 0.3) is 0 Å². The molecule has 3 aromatic carbocycles. The van der Waals surface area contributed by atoms with Gasteiger partial charge in [0, 0.05) is 13.3 Å². The molecule has 226 valence electrons. The van der Waals surface area contributed by atoms with Gasteiger partial charge in [0.05, 0.1) is 24.3 Å². The third-order valence-corrected chi connectivity index (χ3v) is 5.70. The topological polar surface area (TPSA) is 141 Å². The minimum atomic E-state index is -0.857. The van der Waals surface area contributed by atoms with Gasteiger partial charge in [0.15, 0.2) is 0 Å². The van der Waals surface area contributed by atoms with Gasteiger partial charge in [-0.3, -0.25) is 9.59 Å². The predicted molar refractivity (Wildman–Crippen MR) is 152 cm³/mol. The van der Waals surface area contributed by atoms with E-state index in [4.69, 9.17) is 28.4 Å². The van der Waals surface area contributed by atoms with Crippen molar-refractivity contribution >= 4 is 30.0 Å². The summed E-state index contributed by atoms with van der Waals surface area (Å²) in [7, 11) is 0. The van der Waals surface area contributed by atoms with Crippen molar-refractivity contribution in [2.45, 2.75) is 46.0 Å². The van der Waals surface area contributed by atoms with Crippen LogP contribution in [-0.2, 0) is 19.1 Å². The van der Waals surface area contributed by atoms with E-state index < -0.39 is 24.1 Å². The Morgan fingerprint density at radius 1 is 0.512 bits per heavy atom. The van der Waals surface area contributed by atoms with E-state index in [2.05, 4.69) is 0 Å². The fraction of sp³-hybridized carbons (Fsp3) is 0.281. The highest BCUT2D eigenvalue weighted by atomic mass is 16.7. The fourth-order valence-corrected chi connectivity index (χ4v) is 3.52. The lowest BCUT2D eigenvalue weighted by Gasteiger charge is -2.08. The molecular formula is C32H32O11. The Hall–Kier alpha value is -5.19. The maximum Gasteiger partial charge on any atom is 0.513 e. The highest BCUT2D eigenvalue weighted by Gasteiger charge is 2.13. The molecule has 0 unspecified atom stereocenters. The molecule has 0 atom stereocenters. The summed E-state index contributed by atoms with van der Waals surface area (Å²) in [6.45, 7) is 3.61. The molecule has 0 amide bonds. The van der Waals surface area contributed by atoms with Crippen LogP contribution in [0.2, 0.25) is 0 Å². The quantitative estimate of drug-likeness (QED) is 0.0930. The monoisotopic (exact) mass is 592 g/mol. The molecule has 0 aliphatic carbocycles. The van der Waals surface area contributed by atoms with Gasteiger partial charge in [0.2, 0.25) is 0 Å². The van der Waals surface area contributed by atoms with Crippen LogP contribution >= 0.6 is 0 Å². The first-order chi connectivity index (χ1) is 20.7. The van der Waals surface area contributed by atoms with Crippen LogP contribution in [0.25, 0.3) is 0 Å². The Kier molecular flexibility index (Phi) is 12.7. The van der Waals surface area contributed by atoms with E-state index in [-0.39, 0.29) is 41.0 Å². The number of unbranched alkanes of at least 4 members (excludes halogenated alkanes) is 3. The maximum absolute atomic E-state index is 12.5. The summed E-state index contributed by atoms with van der Waals surface area (Å²) in [6.07, 6.45) is 2.57. The second-order valence-corrected chi connectivity index (χ2v) is 9.08. The summed E-state index contributed by atoms with van der Waals surface area (Å²) in [5.74, 6) is -0.962. The fourth-order valence-electron chi connectivity index (χ4n) is 3.52. The molecule has 0 saturated heterocycles. The van der Waals surface area contributed by atoms with Crippen molar-refractivity contribution in [3.05, 3.63) is 83.9 Å². The molecule has 3 rings (SSSR count). The van der Waals surface area contributed by atoms with Gasteiger partial charge in [-0.1, -0.05) is 6.92 Å². The van der Waals surface area contributed by atoms with Crippen LogP contribution in [0.15, 0.2) is 72.8 Å². The number of hydrogen-bond donors (Lipinski definition) is 0. The van der Waals surface area contributed by atoms with Crippen molar-refractivity contribution in [1.29, 1.82) is 0 Å². The molecule has 11 heteroatoms. The highest BCUT2D eigenvalue weighted by molar-refractivity contribution is 5.92. The van der Waals surface area contributed by atoms with Gasteiger partial charge in [0.1, 0.15) is 23.0 Å². The minimum Gasteiger partial charge on any atom is -0.466 e. The van der Waals surface area contributed by atoms with Crippen LogP contribution in [0.4, 0.5) is 4.79 Å². The Labute approximate surface area is 248 Å². The van der Waals surface area contributed by atoms with Crippen molar-refractivity contribution in [3.63, 3.8) is 0 Å². The van der Waals surface area contributed by atoms with Crippen LogP contribution in [0.1, 0.15) is 66.7 Å². The van der Waals surface area contributed by atoms with Crippen LogP contribution in [0.5, 0.6) is 23.0 Å². The molecule has 3 aromatic rings. The standard InChI is InChI=1S/C32H32O11/c1-3-29(34)38-20-6-4-5-7-21-39-32(37)43-28-14-10-24(11-15-28)30(35)41-26-12-8-23(9-13-26)31(36)42-27-18-16-25(17-19-27)40-22(2)33/h8-19H,3-7,20-21H2,1-2H3. The molecule has 43 heavy (non-hydrogen) atoms. The smallest absolute Gasteiger partial charge is 0.466 e. The summed E-state index contributed by atoms with van der Waals surface area (Å²) in [6, 6.07) is 17.5. The first-order valence-electron chi connectivity index (χ1n) is 13.7. The molecule has 0 heterocycles. The van der Waals surface area contributed by atoms with Crippen molar-refractivity contribution in [2.75, 3.05) is 13.2 Å². The van der Waals surface area contributed by atoms with E-state index in [0.717, 1.165) is 19.3 Å². The molecule has 0 aromatic heterocycles. The second kappa shape index (κ2) is 16.9. The third kappa shape index (κ3) is 11.7. The van der Waals surface area contributed by atoms with E-state index in [9.17, 15) is 24.0 Å². The molecule has 0 bridgehead atoms. The molecule has 0 saturated carbocycles. The summed E-state index contributed by atoms with van der Waals surface area (Å²) >= 11 is 0. The molecule has 0 spiro atoms. The Morgan fingerprint density at radius 3 is 1.35 bits per heavy atom. The van der Waals surface area contributed by atoms with E-state index >= 15 is 0 Å². The summed E-state index contributed by atoms with van der Waals surface area (Å²) in [5.41, 5.74) is 0.443. The summed E-state index contributed by atoms with van der Waals surface area (Å²) < 4.78 is 30.7. The lowest BCUT2D eigenvalue weighted by atomic mass is 10.2. The number of hydrogen-bond acceptors (Lipinski definition) is 11. The Balaban J connectivity index is 1.38. The Morgan fingerprint density at radius 2 is 0.907 bits per heavy atom. The van der Waals surface area contributed by atoms with Crippen LogP contribution in [-0.4, -0.2) is 43.2 Å². The molecule has 0 N–H and O–H groups in total. The molecule has 0 aliphatic rings. The van der Waals surface area contributed by atoms with Crippen molar-refractivity contribution < 1.29 is 52.4 Å². The lowest BCUT2D eigenvalue weighted by Crippen LogP contribution is -2.12. The van der Waals surface area contributed by atoms with Gasteiger partial charge >= 0.3 is 30.0 Å². The van der Waals surface area contributed by atoms with E-state index in [1.165, 1.54) is 79.7 Å². The SMILES string of the molecule is CCC(=O)OCCCCCCOC(=O)Oc1ccc(C(=O)Oc2ccc(C(=O)Oc3ccc(OC(C)=O)cc3)cc2)cc1. The van der Waals surface area contributed by atoms with Gasteiger partial charge < -0.3 is 28.4 Å². The average molecular weight is 593 g/mol. The van der Waals surface area contributed by atoms with Crippen molar-refractivity contribution in [3.8, 4) is 23.0 Å². The summed E-state index contributed by atoms with van der Waals surface area (Å²) in [5, 5.41) is 0. The van der Waals surface area contributed by atoms with Crippen molar-refractivity contribution in [1.82, 2.24) is 0 Å². The maximum atomic E-state index is 12.5. The third-order valence-electron chi connectivity index (χ3n) is 5.70. The number of esters is 4. The minimum absolute atomic E-state index is 0.194. The zero-order valence-electron chi connectivity index (χ0n) is 23.9. The van der Waals surface area contributed by atoms with Crippen LogP contribution < -0.4 is 18.9 Å². The first-order valence-corrected chi connectivity index (χ1v) is 13.7. The second-order valence-electron chi connectivity index (χ2n) is 9.08. The van der Waals surface area contributed by atoms with Gasteiger partial charge in [-0.05, 0) is 98.5 Å². The highest BCUT2D eigenvalue weighted by Crippen LogP contribution is 2.21. The number of carbonyl (C=O) groups is 5. The number of carbonyl (C=O) groups excluding carboxylic acids is 5. The molecule has 0 fully saturated rings. The van der Waals surface area contributed by atoms with E-state index in [0.29, 0.717) is 25.2 Å². The van der Waals surface area contributed by atoms with E-state index in [1.54, 1.807) is 6.92 Å². The molecule has 0 radical (unpaired) electrons. The van der Waals surface area contributed by atoms with Crippen LogP contribution in [0, 0.1) is 0 Å². The molecule has 11 nitrogen and oxygen atoms in total. The zero-order valence-corrected chi connectivity index (χ0v) is 23.9. The van der Waals surface area contributed by atoms with E-state index in [1.807, 2.05) is 0 Å². The van der Waals surface area contributed by atoms with Gasteiger partial charge in [-0.2, -0.15) is 0 Å². The molecular weight excluding hydrogens is 560 g/mol. The average Bonchev–Trinajstić information content (AvgIpc) is 2.99. The van der Waals surface area contributed by atoms with Gasteiger partial charge in [-0.25, -0.2) is 14.4 Å². The first kappa shape index (κ1) is 32.3. The molecule has 0 aliphatic heterocycles.